The van der Waals surface area contributed by atoms with Crippen LogP contribution in [0.1, 0.15) is 23.0 Å². The average Bonchev–Trinajstić information content (AvgIpc) is 3.41. The summed E-state index contributed by atoms with van der Waals surface area (Å²) in [5, 5.41) is 17.2. The van der Waals surface area contributed by atoms with E-state index in [0.717, 1.165) is 12.1 Å². The van der Waals surface area contributed by atoms with Gasteiger partial charge < -0.3 is 20.3 Å². The molecule has 2 heterocycles. The van der Waals surface area contributed by atoms with Gasteiger partial charge in [0.15, 0.2) is 17.3 Å². The first-order valence-corrected chi connectivity index (χ1v) is 11.8. The number of carbonyl (C=O) groups excluding carboxylic acids is 1. The SMILES string of the molecule is CNC(C)CN(C)c1c(NC(=O)c2ccn(-c3ccnnc3)n2)ccc(Oc2ccccc2F)c1C(F)(F)F. The van der Waals surface area contributed by atoms with Gasteiger partial charge in [-0.25, -0.2) is 9.07 Å². The number of benzene rings is 2. The summed E-state index contributed by atoms with van der Waals surface area (Å²) in [6.07, 6.45) is -0.507. The van der Waals surface area contributed by atoms with Crippen molar-refractivity contribution in [2.45, 2.75) is 19.1 Å². The Morgan fingerprint density at radius 2 is 1.87 bits per heavy atom. The number of anilines is 2. The molecule has 0 spiro atoms. The van der Waals surface area contributed by atoms with E-state index >= 15 is 0 Å². The molecule has 13 heteroatoms. The molecule has 2 N–H and O–H groups in total. The number of hydrogen-bond acceptors (Lipinski definition) is 7. The van der Waals surface area contributed by atoms with Crippen LogP contribution in [0, 0.1) is 5.82 Å². The molecule has 0 radical (unpaired) electrons. The fourth-order valence-corrected chi connectivity index (χ4v) is 3.86. The molecule has 0 bridgehead atoms. The summed E-state index contributed by atoms with van der Waals surface area (Å²) in [5.41, 5.74) is -1.13. The first-order valence-electron chi connectivity index (χ1n) is 11.8. The van der Waals surface area contributed by atoms with Crippen molar-refractivity contribution in [2.75, 3.05) is 30.9 Å². The van der Waals surface area contributed by atoms with Gasteiger partial charge >= 0.3 is 6.18 Å². The van der Waals surface area contributed by atoms with Crippen molar-refractivity contribution >= 4 is 17.3 Å². The second-order valence-corrected chi connectivity index (χ2v) is 8.64. The van der Waals surface area contributed by atoms with Crippen molar-refractivity contribution in [1.82, 2.24) is 25.3 Å². The van der Waals surface area contributed by atoms with E-state index in [1.54, 1.807) is 20.0 Å². The smallest absolute Gasteiger partial charge is 0.422 e. The average molecular weight is 544 g/mol. The molecule has 9 nitrogen and oxygen atoms in total. The van der Waals surface area contributed by atoms with Crippen molar-refractivity contribution < 1.29 is 27.1 Å². The molecular formula is C26H25F4N7O2. The van der Waals surface area contributed by atoms with Crippen LogP contribution in [-0.2, 0) is 6.18 Å². The van der Waals surface area contributed by atoms with Crippen LogP contribution in [0.4, 0.5) is 28.9 Å². The first-order chi connectivity index (χ1) is 18.6. The van der Waals surface area contributed by atoms with Gasteiger partial charge in [-0.2, -0.15) is 28.5 Å². The lowest BCUT2D eigenvalue weighted by Crippen LogP contribution is -2.36. The van der Waals surface area contributed by atoms with Gasteiger partial charge in [-0.15, -0.1) is 0 Å². The maximum absolute atomic E-state index is 14.6. The normalized spacial score (nSPS) is 12.2. The van der Waals surface area contributed by atoms with Gasteiger partial charge in [0.05, 0.1) is 29.5 Å². The summed E-state index contributed by atoms with van der Waals surface area (Å²) in [6.45, 7) is 1.94. The minimum absolute atomic E-state index is 0.0377. The Bertz CT molecular complexity index is 1440. The summed E-state index contributed by atoms with van der Waals surface area (Å²) in [6, 6.07) is 10.3. The van der Waals surface area contributed by atoms with Gasteiger partial charge in [0.25, 0.3) is 5.91 Å². The van der Waals surface area contributed by atoms with Gasteiger partial charge in [0, 0.05) is 25.8 Å². The predicted octanol–water partition coefficient (Wildman–Crippen LogP) is 4.91. The summed E-state index contributed by atoms with van der Waals surface area (Å²) < 4.78 is 64.7. The molecule has 1 atom stereocenters. The molecule has 39 heavy (non-hydrogen) atoms. The standard InChI is InChI=1S/C26H25F4N7O2/c1-16(31-2)15-36(3)24-19(34-25(38)20-11-13-37(35-20)17-10-12-32-33-14-17)8-9-22(23(24)26(28,29)30)39-21-7-5-4-6-18(21)27/h4-14,16,31H,15H2,1-3H3,(H,34,38). The van der Waals surface area contributed by atoms with Crippen LogP contribution in [0.3, 0.4) is 0 Å². The monoisotopic (exact) mass is 543 g/mol. The molecular weight excluding hydrogens is 518 g/mol. The molecule has 1 unspecified atom stereocenters. The second-order valence-electron chi connectivity index (χ2n) is 8.64. The number of halogens is 4. The van der Waals surface area contributed by atoms with E-state index < -0.39 is 29.2 Å². The Hall–Kier alpha value is -4.52. The quantitative estimate of drug-likeness (QED) is 0.290. The van der Waals surface area contributed by atoms with E-state index in [9.17, 15) is 22.4 Å². The van der Waals surface area contributed by atoms with Crippen LogP contribution < -0.4 is 20.3 Å². The highest BCUT2D eigenvalue weighted by Crippen LogP contribution is 2.47. The highest BCUT2D eigenvalue weighted by molar-refractivity contribution is 6.05. The van der Waals surface area contributed by atoms with Crippen LogP contribution in [0.25, 0.3) is 5.69 Å². The number of aromatic nitrogens is 4. The number of likely N-dealkylation sites (N-methyl/N-ethyl adjacent to an activating group) is 2. The highest BCUT2D eigenvalue weighted by Gasteiger charge is 2.40. The Labute approximate surface area is 221 Å². The molecule has 0 aliphatic heterocycles. The largest absolute Gasteiger partial charge is 0.454 e. The minimum Gasteiger partial charge on any atom is -0.454 e. The van der Waals surface area contributed by atoms with E-state index in [1.165, 1.54) is 65.6 Å². The number of amides is 1. The molecule has 0 aliphatic carbocycles. The number of para-hydroxylation sites is 1. The van der Waals surface area contributed by atoms with E-state index in [2.05, 4.69) is 25.9 Å². The Morgan fingerprint density at radius 3 is 2.54 bits per heavy atom. The third kappa shape index (κ3) is 6.32. The fraction of sp³-hybridized carbons (Fsp3) is 0.231. The number of nitrogens with zero attached hydrogens (tertiary/aromatic N) is 5. The van der Waals surface area contributed by atoms with Gasteiger partial charge in [-0.3, -0.25) is 4.79 Å². The number of ether oxygens (including phenoxy) is 1. The second kappa shape index (κ2) is 11.5. The molecule has 2 aromatic heterocycles. The maximum Gasteiger partial charge on any atom is 0.422 e. The molecule has 0 fully saturated rings. The zero-order chi connectivity index (χ0) is 28.2. The van der Waals surface area contributed by atoms with Crippen LogP contribution in [0.2, 0.25) is 0 Å². The van der Waals surface area contributed by atoms with Crippen molar-refractivity contribution in [1.29, 1.82) is 0 Å². The Kier molecular flexibility index (Phi) is 8.10. The minimum atomic E-state index is -4.91. The maximum atomic E-state index is 14.6. The molecule has 4 aromatic rings. The van der Waals surface area contributed by atoms with Gasteiger partial charge in [0.1, 0.15) is 11.3 Å². The number of rotatable bonds is 9. The van der Waals surface area contributed by atoms with Crippen LogP contribution in [0.5, 0.6) is 11.5 Å². The molecule has 0 saturated carbocycles. The Balaban J connectivity index is 1.76. The van der Waals surface area contributed by atoms with Crippen molar-refractivity contribution in [3.8, 4) is 17.2 Å². The molecule has 1 amide bonds. The third-order valence-electron chi connectivity index (χ3n) is 5.81. The molecule has 2 aromatic carbocycles. The molecule has 0 aliphatic rings. The summed E-state index contributed by atoms with van der Waals surface area (Å²) in [7, 11) is 3.14. The van der Waals surface area contributed by atoms with Gasteiger partial charge in [-0.05, 0) is 50.4 Å². The van der Waals surface area contributed by atoms with Gasteiger partial charge in [-0.1, -0.05) is 12.1 Å². The Morgan fingerprint density at radius 1 is 1.10 bits per heavy atom. The zero-order valence-electron chi connectivity index (χ0n) is 21.2. The topological polar surface area (TPSA) is 97.2 Å². The number of nitrogens with one attached hydrogen (secondary N) is 2. The fourth-order valence-electron chi connectivity index (χ4n) is 3.86. The number of hydrogen-bond donors (Lipinski definition) is 2. The molecule has 4 rings (SSSR count). The zero-order valence-corrected chi connectivity index (χ0v) is 21.2. The lowest BCUT2D eigenvalue weighted by Gasteiger charge is -2.29. The highest BCUT2D eigenvalue weighted by atomic mass is 19.4. The van der Waals surface area contributed by atoms with Gasteiger partial charge in [0.2, 0.25) is 0 Å². The van der Waals surface area contributed by atoms with E-state index in [0.29, 0.717) is 5.69 Å². The summed E-state index contributed by atoms with van der Waals surface area (Å²) >= 11 is 0. The predicted molar refractivity (Wildman–Crippen MR) is 137 cm³/mol. The number of alkyl halides is 3. The number of carbonyl (C=O) groups is 1. The van der Waals surface area contributed by atoms with E-state index in [-0.39, 0.29) is 35.4 Å². The summed E-state index contributed by atoms with van der Waals surface area (Å²) in [5.74, 6) is -2.53. The molecule has 0 saturated heterocycles. The van der Waals surface area contributed by atoms with Crippen LogP contribution >= 0.6 is 0 Å². The third-order valence-corrected chi connectivity index (χ3v) is 5.81. The van der Waals surface area contributed by atoms with E-state index in [1.807, 2.05) is 0 Å². The van der Waals surface area contributed by atoms with E-state index in [4.69, 9.17) is 4.74 Å². The summed E-state index contributed by atoms with van der Waals surface area (Å²) in [4.78, 5) is 14.4. The van der Waals surface area contributed by atoms with Crippen LogP contribution in [0.15, 0.2) is 67.1 Å². The van der Waals surface area contributed by atoms with Crippen molar-refractivity contribution in [3.63, 3.8) is 0 Å². The van der Waals surface area contributed by atoms with Crippen molar-refractivity contribution in [3.05, 3.63) is 84.2 Å². The van der Waals surface area contributed by atoms with Crippen LogP contribution in [-0.4, -0.2) is 52.6 Å². The van der Waals surface area contributed by atoms with Crippen molar-refractivity contribution in [2.24, 2.45) is 0 Å². The molecule has 204 valence electrons. The lowest BCUT2D eigenvalue weighted by molar-refractivity contribution is -0.138. The first kappa shape index (κ1) is 27.5. The lowest BCUT2D eigenvalue weighted by atomic mass is 10.1.